The van der Waals surface area contributed by atoms with Crippen LogP contribution in [0.25, 0.3) is 0 Å². The summed E-state index contributed by atoms with van der Waals surface area (Å²) in [6.07, 6.45) is 0. The lowest BCUT2D eigenvalue weighted by atomic mass is 10.1. The summed E-state index contributed by atoms with van der Waals surface area (Å²) in [5.41, 5.74) is 3.64. The Morgan fingerprint density at radius 3 is 2.40 bits per heavy atom. The summed E-state index contributed by atoms with van der Waals surface area (Å²) < 4.78 is 0. The van der Waals surface area contributed by atoms with Gasteiger partial charge < -0.3 is 4.90 Å². The second-order valence-corrected chi connectivity index (χ2v) is 5.53. The maximum absolute atomic E-state index is 12.5. The van der Waals surface area contributed by atoms with Crippen molar-refractivity contribution in [2.75, 3.05) is 11.9 Å². The molecule has 0 saturated carbocycles. The molecule has 0 aromatic heterocycles. The van der Waals surface area contributed by atoms with Crippen LogP contribution >= 0.6 is 23.2 Å². The summed E-state index contributed by atoms with van der Waals surface area (Å²) in [5.74, 6) is -0.114. The van der Waals surface area contributed by atoms with Gasteiger partial charge in [0.05, 0.1) is 10.0 Å². The summed E-state index contributed by atoms with van der Waals surface area (Å²) in [7, 11) is 1.76. The number of aryl methyl sites for hydroxylation is 1. The number of anilines is 1. The highest BCUT2D eigenvalue weighted by Crippen LogP contribution is 2.26. The molecule has 0 aliphatic carbocycles. The lowest BCUT2D eigenvalue weighted by molar-refractivity contribution is 0.0993. The van der Waals surface area contributed by atoms with Crippen molar-refractivity contribution in [2.24, 2.45) is 0 Å². The van der Waals surface area contributed by atoms with E-state index in [1.54, 1.807) is 30.1 Å². The van der Waals surface area contributed by atoms with Crippen LogP contribution in [0.2, 0.25) is 10.0 Å². The van der Waals surface area contributed by atoms with Gasteiger partial charge in [-0.05, 0) is 49.2 Å². The number of benzene rings is 2. The molecule has 2 aromatic rings. The van der Waals surface area contributed by atoms with Gasteiger partial charge in [0.1, 0.15) is 0 Å². The van der Waals surface area contributed by atoms with Gasteiger partial charge in [-0.1, -0.05) is 35.3 Å². The molecule has 0 N–H and O–H groups in total. The van der Waals surface area contributed by atoms with Crippen molar-refractivity contribution in [3.05, 3.63) is 63.1 Å². The number of halogens is 2. The molecule has 0 aliphatic heterocycles. The maximum Gasteiger partial charge on any atom is 0.258 e. The average molecular weight is 308 g/mol. The molecule has 2 aromatic carbocycles. The third-order valence-electron chi connectivity index (χ3n) is 3.41. The normalized spacial score (nSPS) is 10.4. The van der Waals surface area contributed by atoms with Gasteiger partial charge >= 0.3 is 0 Å². The van der Waals surface area contributed by atoms with Crippen molar-refractivity contribution in [1.82, 2.24) is 0 Å². The smallest absolute Gasteiger partial charge is 0.258 e. The number of carbonyl (C=O) groups excluding carboxylic acids is 1. The molecule has 4 heteroatoms. The zero-order valence-electron chi connectivity index (χ0n) is 11.6. The number of hydrogen-bond donors (Lipinski definition) is 0. The second kappa shape index (κ2) is 5.86. The molecule has 2 nitrogen and oxygen atoms in total. The summed E-state index contributed by atoms with van der Waals surface area (Å²) in [5, 5.41) is 0.824. The minimum absolute atomic E-state index is 0.114. The van der Waals surface area contributed by atoms with Crippen molar-refractivity contribution >= 4 is 34.8 Å². The van der Waals surface area contributed by atoms with Crippen LogP contribution < -0.4 is 4.90 Å². The molecule has 20 heavy (non-hydrogen) atoms. The Balaban J connectivity index is 2.37. The van der Waals surface area contributed by atoms with Crippen molar-refractivity contribution in [3.63, 3.8) is 0 Å². The predicted octanol–water partition coefficient (Wildman–Crippen LogP) is 4.89. The highest BCUT2D eigenvalue weighted by Gasteiger charge is 2.16. The van der Waals surface area contributed by atoms with Gasteiger partial charge in [-0.15, -0.1) is 0 Å². The largest absolute Gasteiger partial charge is 0.311 e. The van der Waals surface area contributed by atoms with E-state index >= 15 is 0 Å². The van der Waals surface area contributed by atoms with Crippen molar-refractivity contribution in [2.45, 2.75) is 13.8 Å². The predicted molar refractivity (Wildman–Crippen MR) is 85.1 cm³/mol. The Kier molecular flexibility index (Phi) is 4.36. The number of carbonyl (C=O) groups is 1. The Hall–Kier alpha value is -1.51. The van der Waals surface area contributed by atoms with Gasteiger partial charge in [0.15, 0.2) is 0 Å². The Bertz CT molecular complexity index is 668. The van der Waals surface area contributed by atoms with E-state index in [9.17, 15) is 4.79 Å². The maximum atomic E-state index is 12.5. The van der Waals surface area contributed by atoms with Crippen LogP contribution in [-0.2, 0) is 0 Å². The van der Waals surface area contributed by atoms with Gasteiger partial charge in [-0.2, -0.15) is 0 Å². The fraction of sp³-hybridized carbons (Fsp3) is 0.188. The summed E-state index contributed by atoms with van der Waals surface area (Å²) in [6.45, 7) is 4.03. The lowest BCUT2D eigenvalue weighted by Gasteiger charge is -2.21. The van der Waals surface area contributed by atoms with Crippen LogP contribution in [0.5, 0.6) is 0 Å². The molecule has 0 bridgehead atoms. The van der Waals surface area contributed by atoms with E-state index in [4.69, 9.17) is 23.2 Å². The van der Waals surface area contributed by atoms with E-state index in [1.807, 2.05) is 32.0 Å². The highest BCUT2D eigenvalue weighted by molar-refractivity contribution is 6.42. The first kappa shape index (κ1) is 14.9. The molecule has 0 spiro atoms. The third kappa shape index (κ3) is 2.82. The highest BCUT2D eigenvalue weighted by atomic mass is 35.5. The van der Waals surface area contributed by atoms with Crippen molar-refractivity contribution < 1.29 is 4.79 Å². The minimum Gasteiger partial charge on any atom is -0.311 e. The monoisotopic (exact) mass is 307 g/mol. The first-order valence-electron chi connectivity index (χ1n) is 6.21. The number of hydrogen-bond acceptors (Lipinski definition) is 1. The molecular formula is C16H15Cl2NO. The molecular weight excluding hydrogens is 293 g/mol. The van der Waals surface area contributed by atoms with Gasteiger partial charge in [0.2, 0.25) is 0 Å². The topological polar surface area (TPSA) is 20.3 Å². The molecule has 0 fully saturated rings. The van der Waals surface area contributed by atoms with Crippen LogP contribution in [0.4, 0.5) is 5.69 Å². The zero-order valence-corrected chi connectivity index (χ0v) is 13.1. The van der Waals surface area contributed by atoms with Gasteiger partial charge in [0, 0.05) is 18.3 Å². The quantitative estimate of drug-likeness (QED) is 0.773. The fourth-order valence-electron chi connectivity index (χ4n) is 2.03. The SMILES string of the molecule is Cc1cccc(N(C)C(=O)c2ccc(Cl)c(Cl)c2)c1C. The van der Waals surface area contributed by atoms with Crippen molar-refractivity contribution in [1.29, 1.82) is 0 Å². The van der Waals surface area contributed by atoms with Gasteiger partial charge in [0.25, 0.3) is 5.91 Å². The first-order chi connectivity index (χ1) is 9.41. The standard InChI is InChI=1S/C16H15Cl2NO/c1-10-5-4-6-15(11(10)2)19(3)16(20)12-7-8-13(17)14(18)9-12/h4-9H,1-3H3. The van der Waals surface area contributed by atoms with Gasteiger partial charge in [-0.25, -0.2) is 0 Å². The van der Waals surface area contributed by atoms with Crippen LogP contribution in [0, 0.1) is 13.8 Å². The first-order valence-corrected chi connectivity index (χ1v) is 6.96. The molecule has 0 atom stereocenters. The third-order valence-corrected chi connectivity index (χ3v) is 4.15. The van der Waals surface area contributed by atoms with E-state index in [-0.39, 0.29) is 5.91 Å². The Labute approximate surface area is 128 Å². The summed E-state index contributed by atoms with van der Waals surface area (Å²) in [4.78, 5) is 14.1. The van der Waals surface area contributed by atoms with Crippen molar-refractivity contribution in [3.8, 4) is 0 Å². The molecule has 0 unspecified atom stereocenters. The number of rotatable bonds is 2. The van der Waals surface area contributed by atoms with Crippen LogP contribution in [0.3, 0.4) is 0 Å². The molecule has 104 valence electrons. The van der Waals surface area contributed by atoms with E-state index in [1.165, 1.54) is 0 Å². The Morgan fingerprint density at radius 1 is 1.05 bits per heavy atom. The molecule has 2 rings (SSSR count). The zero-order chi connectivity index (χ0) is 14.9. The summed E-state index contributed by atoms with van der Waals surface area (Å²) >= 11 is 11.8. The molecule has 1 amide bonds. The second-order valence-electron chi connectivity index (χ2n) is 4.71. The molecule has 0 aliphatic rings. The summed E-state index contributed by atoms with van der Waals surface area (Å²) in [6, 6.07) is 10.8. The molecule has 0 saturated heterocycles. The number of nitrogens with zero attached hydrogens (tertiary/aromatic N) is 1. The molecule has 0 heterocycles. The lowest BCUT2D eigenvalue weighted by Crippen LogP contribution is -2.27. The Morgan fingerprint density at radius 2 is 1.75 bits per heavy atom. The minimum atomic E-state index is -0.114. The van der Waals surface area contributed by atoms with Crippen LogP contribution in [0.15, 0.2) is 36.4 Å². The fourth-order valence-corrected chi connectivity index (χ4v) is 2.33. The van der Waals surface area contributed by atoms with E-state index < -0.39 is 0 Å². The van der Waals surface area contributed by atoms with E-state index in [2.05, 4.69) is 0 Å². The van der Waals surface area contributed by atoms with Gasteiger partial charge in [-0.3, -0.25) is 4.79 Å². The van der Waals surface area contributed by atoms with Crippen LogP contribution in [0.1, 0.15) is 21.5 Å². The van der Waals surface area contributed by atoms with Crippen LogP contribution in [-0.4, -0.2) is 13.0 Å². The van der Waals surface area contributed by atoms with E-state index in [0.29, 0.717) is 15.6 Å². The average Bonchev–Trinajstić information content (AvgIpc) is 2.43. The van der Waals surface area contributed by atoms with E-state index in [0.717, 1.165) is 16.8 Å². The molecule has 0 radical (unpaired) electrons. The number of amides is 1.